The van der Waals surface area contributed by atoms with Crippen LogP contribution in [0.4, 0.5) is 10.1 Å². The molecule has 5 nitrogen and oxygen atoms in total. The van der Waals surface area contributed by atoms with Crippen molar-refractivity contribution in [2.45, 2.75) is 6.92 Å². The Balaban J connectivity index is 1.70. The summed E-state index contributed by atoms with van der Waals surface area (Å²) < 4.78 is 23.9. The fourth-order valence-electron chi connectivity index (χ4n) is 2.70. The van der Waals surface area contributed by atoms with Crippen molar-refractivity contribution in [3.05, 3.63) is 71.5 Å². The first-order valence-electron chi connectivity index (χ1n) is 8.28. The molecule has 3 aromatic rings. The van der Waals surface area contributed by atoms with Crippen molar-refractivity contribution in [3.8, 4) is 5.75 Å². The zero-order valence-corrected chi connectivity index (χ0v) is 14.9. The Hall–Kier alpha value is -3.41. The summed E-state index contributed by atoms with van der Waals surface area (Å²) in [6.07, 6.45) is 0. The molecule has 0 radical (unpaired) electrons. The molecule has 138 valence electrons. The van der Waals surface area contributed by atoms with Gasteiger partial charge in [0.15, 0.2) is 6.61 Å². The van der Waals surface area contributed by atoms with Gasteiger partial charge < -0.3 is 14.8 Å². The van der Waals surface area contributed by atoms with Crippen LogP contribution in [0, 0.1) is 12.7 Å². The number of aryl methyl sites for hydroxylation is 1. The molecule has 3 rings (SSSR count). The average Bonchev–Trinajstić information content (AvgIpc) is 2.68. The van der Waals surface area contributed by atoms with Gasteiger partial charge in [-0.05, 0) is 42.1 Å². The van der Waals surface area contributed by atoms with E-state index in [4.69, 9.17) is 9.47 Å². The molecular formula is C21H18FNO4. The number of hydrogen-bond donors (Lipinski definition) is 1. The number of amides is 1. The second kappa shape index (κ2) is 7.86. The van der Waals surface area contributed by atoms with E-state index in [9.17, 15) is 14.0 Å². The van der Waals surface area contributed by atoms with E-state index in [1.54, 1.807) is 50.4 Å². The monoisotopic (exact) mass is 367 g/mol. The van der Waals surface area contributed by atoms with Gasteiger partial charge in [0.25, 0.3) is 5.91 Å². The van der Waals surface area contributed by atoms with Gasteiger partial charge in [-0.1, -0.05) is 30.3 Å². The Labute approximate surface area is 155 Å². The summed E-state index contributed by atoms with van der Waals surface area (Å²) in [5.74, 6) is -0.959. The molecule has 1 N–H and O–H groups in total. The van der Waals surface area contributed by atoms with Crippen LogP contribution >= 0.6 is 0 Å². The van der Waals surface area contributed by atoms with Crippen LogP contribution in [0.2, 0.25) is 0 Å². The van der Waals surface area contributed by atoms with Crippen LogP contribution in [0.3, 0.4) is 0 Å². The highest BCUT2D eigenvalue weighted by Crippen LogP contribution is 2.28. The number of fused-ring (bicyclic) bond motifs is 1. The third-order valence-electron chi connectivity index (χ3n) is 4.11. The Kier molecular flexibility index (Phi) is 5.35. The normalized spacial score (nSPS) is 10.5. The van der Waals surface area contributed by atoms with E-state index in [1.165, 1.54) is 6.07 Å². The number of esters is 1. The van der Waals surface area contributed by atoms with Crippen LogP contribution in [0.1, 0.15) is 15.9 Å². The molecule has 0 bridgehead atoms. The number of halogens is 1. The maximum atomic E-state index is 13.5. The van der Waals surface area contributed by atoms with Gasteiger partial charge in [-0.2, -0.15) is 0 Å². The minimum atomic E-state index is -0.626. The molecule has 0 unspecified atom stereocenters. The second-order valence-corrected chi connectivity index (χ2v) is 5.95. The van der Waals surface area contributed by atoms with Crippen molar-refractivity contribution in [1.29, 1.82) is 0 Å². The standard InChI is InChI=1S/C21H18FNO4/c1-13-7-8-14(11-18(13)22)23-20(24)12-27-21(25)17-9-10-19(26-2)16-6-4-3-5-15(16)17/h3-11H,12H2,1-2H3,(H,23,24). The SMILES string of the molecule is COc1ccc(C(=O)OCC(=O)Nc2ccc(C)c(F)c2)c2ccccc12. The van der Waals surface area contributed by atoms with E-state index in [0.717, 1.165) is 5.39 Å². The highest BCUT2D eigenvalue weighted by Gasteiger charge is 2.15. The van der Waals surface area contributed by atoms with Crippen molar-refractivity contribution in [2.75, 3.05) is 19.0 Å². The number of carbonyl (C=O) groups excluding carboxylic acids is 2. The van der Waals surface area contributed by atoms with Crippen LogP contribution in [0.15, 0.2) is 54.6 Å². The zero-order chi connectivity index (χ0) is 19.4. The van der Waals surface area contributed by atoms with Crippen LogP contribution in [-0.2, 0) is 9.53 Å². The van der Waals surface area contributed by atoms with Gasteiger partial charge in [0.05, 0.1) is 12.7 Å². The van der Waals surface area contributed by atoms with E-state index in [2.05, 4.69) is 5.32 Å². The minimum absolute atomic E-state index is 0.300. The number of methoxy groups -OCH3 is 1. The summed E-state index contributed by atoms with van der Waals surface area (Å²) >= 11 is 0. The largest absolute Gasteiger partial charge is 0.496 e. The molecular weight excluding hydrogens is 349 g/mol. The molecule has 0 heterocycles. The van der Waals surface area contributed by atoms with Gasteiger partial charge in [0.1, 0.15) is 11.6 Å². The maximum absolute atomic E-state index is 13.5. The molecule has 3 aromatic carbocycles. The predicted molar refractivity (Wildman–Crippen MR) is 101 cm³/mol. The molecule has 1 amide bonds. The quantitative estimate of drug-likeness (QED) is 0.690. The summed E-state index contributed by atoms with van der Waals surface area (Å²) in [7, 11) is 1.55. The molecule has 0 atom stereocenters. The van der Waals surface area contributed by atoms with Crippen molar-refractivity contribution in [1.82, 2.24) is 0 Å². The first kappa shape index (κ1) is 18.4. The summed E-state index contributed by atoms with van der Waals surface area (Å²) in [6.45, 7) is 1.15. The number of rotatable bonds is 5. The molecule has 0 spiro atoms. The highest BCUT2D eigenvalue weighted by atomic mass is 19.1. The lowest BCUT2D eigenvalue weighted by Gasteiger charge is -2.11. The van der Waals surface area contributed by atoms with Crippen molar-refractivity contribution >= 4 is 28.3 Å². The molecule has 6 heteroatoms. The van der Waals surface area contributed by atoms with Gasteiger partial charge in [0, 0.05) is 11.1 Å². The number of benzene rings is 3. The summed E-state index contributed by atoms with van der Waals surface area (Å²) in [5.41, 5.74) is 1.11. The molecule has 0 aliphatic heterocycles. The van der Waals surface area contributed by atoms with Crippen LogP contribution in [-0.4, -0.2) is 25.6 Å². The topological polar surface area (TPSA) is 64.6 Å². The second-order valence-electron chi connectivity index (χ2n) is 5.95. The first-order chi connectivity index (χ1) is 13.0. The van der Waals surface area contributed by atoms with E-state index in [1.807, 2.05) is 12.1 Å². The van der Waals surface area contributed by atoms with Gasteiger partial charge in [-0.25, -0.2) is 9.18 Å². The Morgan fingerprint density at radius 2 is 1.78 bits per heavy atom. The van der Waals surface area contributed by atoms with Crippen molar-refractivity contribution in [3.63, 3.8) is 0 Å². The fraction of sp³-hybridized carbons (Fsp3) is 0.143. The lowest BCUT2D eigenvalue weighted by Crippen LogP contribution is -2.21. The summed E-state index contributed by atoms with van der Waals surface area (Å²) in [6, 6.07) is 14.9. The number of hydrogen-bond acceptors (Lipinski definition) is 4. The molecule has 0 fully saturated rings. The Bertz CT molecular complexity index is 1020. The van der Waals surface area contributed by atoms with Crippen LogP contribution in [0.5, 0.6) is 5.75 Å². The predicted octanol–water partition coefficient (Wildman–Crippen LogP) is 4.09. The van der Waals surface area contributed by atoms with Crippen molar-refractivity contribution in [2.24, 2.45) is 0 Å². The van der Waals surface area contributed by atoms with Gasteiger partial charge in [0.2, 0.25) is 0 Å². The van der Waals surface area contributed by atoms with Gasteiger partial charge >= 0.3 is 5.97 Å². The number of ether oxygens (including phenoxy) is 2. The van der Waals surface area contributed by atoms with Gasteiger partial charge in [-0.3, -0.25) is 4.79 Å². The first-order valence-corrected chi connectivity index (χ1v) is 8.28. The van der Waals surface area contributed by atoms with Crippen molar-refractivity contribution < 1.29 is 23.5 Å². The zero-order valence-electron chi connectivity index (χ0n) is 14.9. The Morgan fingerprint density at radius 3 is 2.48 bits per heavy atom. The third kappa shape index (κ3) is 4.06. The maximum Gasteiger partial charge on any atom is 0.339 e. The number of carbonyl (C=O) groups is 2. The van der Waals surface area contributed by atoms with E-state index in [0.29, 0.717) is 28.0 Å². The van der Waals surface area contributed by atoms with E-state index >= 15 is 0 Å². The fourth-order valence-corrected chi connectivity index (χ4v) is 2.70. The highest BCUT2D eigenvalue weighted by molar-refractivity contribution is 6.07. The third-order valence-corrected chi connectivity index (χ3v) is 4.11. The smallest absolute Gasteiger partial charge is 0.339 e. The van der Waals surface area contributed by atoms with Crippen LogP contribution in [0.25, 0.3) is 10.8 Å². The molecule has 0 saturated heterocycles. The van der Waals surface area contributed by atoms with Gasteiger partial charge in [-0.15, -0.1) is 0 Å². The lowest BCUT2D eigenvalue weighted by atomic mass is 10.0. The average molecular weight is 367 g/mol. The molecule has 0 aliphatic rings. The number of anilines is 1. The summed E-state index contributed by atoms with van der Waals surface area (Å²) in [4.78, 5) is 24.4. The summed E-state index contributed by atoms with van der Waals surface area (Å²) in [5, 5.41) is 3.94. The van der Waals surface area contributed by atoms with E-state index < -0.39 is 24.3 Å². The molecule has 0 saturated carbocycles. The van der Waals surface area contributed by atoms with E-state index in [-0.39, 0.29) is 0 Å². The molecule has 0 aromatic heterocycles. The lowest BCUT2D eigenvalue weighted by molar-refractivity contribution is -0.119. The van der Waals surface area contributed by atoms with Crippen LogP contribution < -0.4 is 10.1 Å². The minimum Gasteiger partial charge on any atom is -0.496 e. The Morgan fingerprint density at radius 1 is 1.04 bits per heavy atom. The molecule has 27 heavy (non-hydrogen) atoms. The molecule has 0 aliphatic carbocycles. The number of nitrogens with one attached hydrogen (secondary N) is 1.